The van der Waals surface area contributed by atoms with E-state index >= 15 is 0 Å². The zero-order valence-corrected chi connectivity index (χ0v) is 12.6. The largest absolute Gasteiger partial charge is 0.216 e. The maximum absolute atomic E-state index is 11.9. The predicted octanol–water partition coefficient (Wildman–Crippen LogP) is 3.07. The zero-order valence-electron chi connectivity index (χ0n) is 10.2. The van der Waals surface area contributed by atoms with Crippen molar-refractivity contribution in [2.45, 2.75) is 12.3 Å². The van der Waals surface area contributed by atoms with Crippen LogP contribution >= 0.6 is 15.9 Å². The number of benzene rings is 2. The van der Waals surface area contributed by atoms with E-state index < -0.39 is 10.0 Å². The number of sulfonamides is 1. The van der Waals surface area contributed by atoms with E-state index in [1.165, 1.54) is 0 Å². The summed E-state index contributed by atoms with van der Waals surface area (Å²) in [6, 6.07) is 16.7. The zero-order chi connectivity index (χ0) is 13.7. The number of halogens is 1. The lowest BCUT2D eigenvalue weighted by molar-refractivity contribution is 0.580. The second kappa shape index (κ2) is 6.32. The molecule has 0 unspecified atom stereocenters. The maximum Gasteiger partial charge on any atom is 0.216 e. The minimum Gasteiger partial charge on any atom is -0.212 e. The van der Waals surface area contributed by atoms with E-state index in [-0.39, 0.29) is 5.75 Å². The van der Waals surface area contributed by atoms with Crippen LogP contribution in [0, 0.1) is 0 Å². The van der Waals surface area contributed by atoms with Gasteiger partial charge in [0.2, 0.25) is 10.0 Å². The SMILES string of the molecule is O=S(=O)(Cc1ccc(Br)cc1)NCc1ccccc1. The van der Waals surface area contributed by atoms with Crippen LogP contribution in [0.25, 0.3) is 0 Å². The number of hydrogen-bond acceptors (Lipinski definition) is 2. The van der Waals surface area contributed by atoms with Gasteiger partial charge < -0.3 is 0 Å². The molecule has 5 heteroatoms. The molecule has 0 radical (unpaired) electrons. The van der Waals surface area contributed by atoms with Crippen LogP contribution < -0.4 is 4.72 Å². The third-order valence-corrected chi connectivity index (χ3v) is 4.44. The van der Waals surface area contributed by atoms with Gasteiger partial charge >= 0.3 is 0 Å². The second-order valence-corrected chi connectivity index (χ2v) is 6.91. The first-order valence-corrected chi connectivity index (χ1v) is 8.25. The van der Waals surface area contributed by atoms with E-state index in [0.29, 0.717) is 6.54 Å². The van der Waals surface area contributed by atoms with Crippen molar-refractivity contribution in [2.24, 2.45) is 0 Å². The molecule has 2 rings (SSSR count). The van der Waals surface area contributed by atoms with Gasteiger partial charge in [0.25, 0.3) is 0 Å². The topological polar surface area (TPSA) is 46.2 Å². The Hall–Kier alpha value is -1.17. The van der Waals surface area contributed by atoms with Gasteiger partial charge in [0.1, 0.15) is 0 Å². The number of hydrogen-bond donors (Lipinski definition) is 1. The molecule has 0 atom stereocenters. The molecule has 2 aromatic rings. The Morgan fingerprint density at radius 3 is 2.16 bits per heavy atom. The van der Waals surface area contributed by atoms with E-state index in [9.17, 15) is 8.42 Å². The highest BCUT2D eigenvalue weighted by Crippen LogP contribution is 2.12. The Balaban J connectivity index is 1.97. The molecule has 0 aromatic heterocycles. The quantitative estimate of drug-likeness (QED) is 0.909. The van der Waals surface area contributed by atoms with Crippen LogP contribution in [0.1, 0.15) is 11.1 Å². The molecule has 0 aliphatic carbocycles. The second-order valence-electron chi connectivity index (χ2n) is 4.19. The third-order valence-electron chi connectivity index (χ3n) is 2.61. The molecule has 0 amide bonds. The fourth-order valence-electron chi connectivity index (χ4n) is 1.64. The molecule has 0 heterocycles. The molecule has 0 saturated carbocycles. The average molecular weight is 340 g/mol. The van der Waals surface area contributed by atoms with Crippen molar-refractivity contribution in [1.29, 1.82) is 0 Å². The summed E-state index contributed by atoms with van der Waals surface area (Å²) in [5.41, 5.74) is 1.71. The van der Waals surface area contributed by atoms with Crippen LogP contribution in [0.5, 0.6) is 0 Å². The summed E-state index contributed by atoms with van der Waals surface area (Å²) in [6.07, 6.45) is 0. The lowest BCUT2D eigenvalue weighted by atomic mass is 10.2. The molecule has 0 fully saturated rings. The van der Waals surface area contributed by atoms with Crippen LogP contribution in [-0.2, 0) is 22.3 Å². The summed E-state index contributed by atoms with van der Waals surface area (Å²) in [7, 11) is -3.31. The first-order valence-electron chi connectivity index (χ1n) is 5.81. The lowest BCUT2D eigenvalue weighted by Crippen LogP contribution is -2.24. The highest BCUT2D eigenvalue weighted by atomic mass is 79.9. The van der Waals surface area contributed by atoms with Crippen LogP contribution in [0.4, 0.5) is 0 Å². The molecule has 0 spiro atoms. The van der Waals surface area contributed by atoms with Gasteiger partial charge in [-0.25, -0.2) is 13.1 Å². The number of nitrogens with one attached hydrogen (secondary N) is 1. The van der Waals surface area contributed by atoms with Gasteiger partial charge in [0.15, 0.2) is 0 Å². The Bertz CT molecular complexity index is 624. The first-order chi connectivity index (χ1) is 9.05. The standard InChI is InChI=1S/C14H14BrNO2S/c15-14-8-6-13(7-9-14)11-19(17,18)16-10-12-4-2-1-3-5-12/h1-9,16H,10-11H2. The highest BCUT2D eigenvalue weighted by Gasteiger charge is 2.10. The van der Waals surface area contributed by atoms with Crippen molar-refractivity contribution in [3.8, 4) is 0 Å². The van der Waals surface area contributed by atoms with Gasteiger partial charge in [0, 0.05) is 11.0 Å². The summed E-state index contributed by atoms with van der Waals surface area (Å²) in [5.74, 6) is -0.00683. The molecule has 0 saturated heterocycles. The van der Waals surface area contributed by atoms with Crippen LogP contribution in [0.2, 0.25) is 0 Å². The van der Waals surface area contributed by atoms with Crippen LogP contribution in [-0.4, -0.2) is 8.42 Å². The molecule has 0 bridgehead atoms. The van der Waals surface area contributed by atoms with E-state index in [2.05, 4.69) is 20.7 Å². The summed E-state index contributed by atoms with van der Waals surface area (Å²) in [5, 5.41) is 0. The Kier molecular flexibility index (Phi) is 4.74. The molecular weight excluding hydrogens is 326 g/mol. The molecule has 2 aromatic carbocycles. The van der Waals surface area contributed by atoms with Gasteiger partial charge in [-0.2, -0.15) is 0 Å². The average Bonchev–Trinajstić information content (AvgIpc) is 2.40. The molecular formula is C14H14BrNO2S. The smallest absolute Gasteiger partial charge is 0.212 e. The van der Waals surface area contributed by atoms with Gasteiger partial charge in [-0.05, 0) is 23.3 Å². The molecule has 3 nitrogen and oxygen atoms in total. The maximum atomic E-state index is 11.9. The predicted molar refractivity (Wildman–Crippen MR) is 80.0 cm³/mol. The van der Waals surface area contributed by atoms with Crippen molar-refractivity contribution in [3.05, 3.63) is 70.2 Å². The summed E-state index contributed by atoms with van der Waals surface area (Å²) < 4.78 is 27.4. The van der Waals surface area contributed by atoms with E-state index in [4.69, 9.17) is 0 Å². The normalized spacial score (nSPS) is 11.4. The minimum atomic E-state index is -3.31. The summed E-state index contributed by atoms with van der Waals surface area (Å²) in [6.45, 7) is 0.319. The fourth-order valence-corrected chi connectivity index (χ4v) is 3.02. The Morgan fingerprint density at radius 2 is 1.53 bits per heavy atom. The van der Waals surface area contributed by atoms with E-state index in [1.54, 1.807) is 12.1 Å². The lowest BCUT2D eigenvalue weighted by Gasteiger charge is -2.07. The highest BCUT2D eigenvalue weighted by molar-refractivity contribution is 9.10. The Labute approximate surface area is 121 Å². The third kappa shape index (κ3) is 4.78. The molecule has 0 aliphatic rings. The molecule has 19 heavy (non-hydrogen) atoms. The van der Waals surface area contributed by atoms with Crippen LogP contribution in [0.3, 0.4) is 0 Å². The van der Waals surface area contributed by atoms with Crippen LogP contribution in [0.15, 0.2) is 59.1 Å². The van der Waals surface area contributed by atoms with Gasteiger partial charge in [-0.3, -0.25) is 0 Å². The van der Waals surface area contributed by atoms with Gasteiger partial charge in [0.05, 0.1) is 5.75 Å². The molecule has 0 aliphatic heterocycles. The van der Waals surface area contributed by atoms with Crippen molar-refractivity contribution >= 4 is 26.0 Å². The van der Waals surface area contributed by atoms with E-state index in [1.807, 2.05) is 42.5 Å². The summed E-state index contributed by atoms with van der Waals surface area (Å²) in [4.78, 5) is 0. The van der Waals surface area contributed by atoms with Crippen molar-refractivity contribution in [3.63, 3.8) is 0 Å². The number of rotatable bonds is 5. The minimum absolute atomic E-state index is 0.00683. The van der Waals surface area contributed by atoms with Gasteiger partial charge in [-0.15, -0.1) is 0 Å². The summed E-state index contributed by atoms with van der Waals surface area (Å²) >= 11 is 3.32. The van der Waals surface area contributed by atoms with E-state index in [0.717, 1.165) is 15.6 Å². The monoisotopic (exact) mass is 339 g/mol. The fraction of sp³-hybridized carbons (Fsp3) is 0.143. The Morgan fingerprint density at radius 1 is 0.895 bits per heavy atom. The van der Waals surface area contributed by atoms with Crippen molar-refractivity contribution < 1.29 is 8.42 Å². The van der Waals surface area contributed by atoms with Crippen molar-refractivity contribution in [1.82, 2.24) is 4.72 Å². The first kappa shape index (κ1) is 14.2. The molecule has 1 N–H and O–H groups in total. The molecule has 100 valence electrons. The van der Waals surface area contributed by atoms with Crippen molar-refractivity contribution in [2.75, 3.05) is 0 Å². The van der Waals surface area contributed by atoms with Gasteiger partial charge in [-0.1, -0.05) is 58.4 Å².